The molecule has 3 heterocycles. The fourth-order valence-corrected chi connectivity index (χ4v) is 5.26. The summed E-state index contributed by atoms with van der Waals surface area (Å²) in [6.07, 6.45) is 0. The molecule has 0 spiro atoms. The Labute approximate surface area is 269 Å². The van der Waals surface area contributed by atoms with Gasteiger partial charge in [0.25, 0.3) is 23.6 Å². The number of likely N-dealkylation sites (N-methyl/N-ethyl adjacent to an activating group) is 2. The molecular formula is C34H35N9O4. The minimum Gasteiger partial charge on any atom is -0.351 e. The first-order chi connectivity index (χ1) is 22.8. The van der Waals surface area contributed by atoms with E-state index in [0.717, 1.165) is 21.8 Å². The van der Waals surface area contributed by atoms with Gasteiger partial charge in [0.2, 0.25) is 0 Å². The molecule has 0 fully saturated rings. The van der Waals surface area contributed by atoms with E-state index in [0.29, 0.717) is 71.1 Å². The van der Waals surface area contributed by atoms with Gasteiger partial charge in [-0.1, -0.05) is 0 Å². The van der Waals surface area contributed by atoms with Gasteiger partial charge in [-0.15, -0.1) is 0 Å². The van der Waals surface area contributed by atoms with Gasteiger partial charge >= 0.3 is 0 Å². The number of carbonyl (C=O) groups is 4. The van der Waals surface area contributed by atoms with Gasteiger partial charge in [-0.05, 0) is 86.9 Å². The van der Waals surface area contributed by atoms with Crippen LogP contribution in [0.2, 0.25) is 0 Å². The molecule has 0 unspecified atom stereocenters. The van der Waals surface area contributed by atoms with Crippen molar-refractivity contribution in [2.75, 3.05) is 50.9 Å². The highest BCUT2D eigenvalue weighted by atomic mass is 16.2. The number of hydrogen-bond acceptors (Lipinski definition) is 6. The lowest BCUT2D eigenvalue weighted by molar-refractivity contribution is 0.0942. The van der Waals surface area contributed by atoms with Crippen LogP contribution in [0.25, 0.3) is 32.7 Å². The van der Waals surface area contributed by atoms with Crippen LogP contribution in [-0.4, -0.2) is 78.9 Å². The van der Waals surface area contributed by atoms with Gasteiger partial charge in [-0.2, -0.15) is 0 Å². The molecular weight excluding hydrogens is 598 g/mol. The summed E-state index contributed by atoms with van der Waals surface area (Å²) in [4.78, 5) is 60.4. The normalized spacial score (nSPS) is 11.2. The molecule has 0 atom stereocenters. The Hall–Kier alpha value is -5.92. The molecule has 13 nitrogen and oxygen atoms in total. The van der Waals surface area contributed by atoms with Gasteiger partial charge in [-0.25, -0.2) is 0 Å². The lowest BCUT2D eigenvalue weighted by Gasteiger charge is -2.05. The molecule has 0 aliphatic heterocycles. The van der Waals surface area contributed by atoms with Gasteiger partial charge in [0.05, 0.1) is 0 Å². The summed E-state index contributed by atoms with van der Waals surface area (Å²) in [6.45, 7) is 2.35. The minimum atomic E-state index is -0.345. The van der Waals surface area contributed by atoms with Crippen LogP contribution in [0.4, 0.5) is 11.4 Å². The fourth-order valence-electron chi connectivity index (χ4n) is 5.26. The maximum Gasteiger partial charge on any atom is 0.272 e. The average molecular weight is 634 g/mol. The van der Waals surface area contributed by atoms with Gasteiger partial charge in [-0.3, -0.25) is 19.2 Å². The van der Waals surface area contributed by atoms with Gasteiger partial charge < -0.3 is 46.9 Å². The number of aromatic amines is 3. The Balaban J connectivity index is 1.11. The Kier molecular flexibility index (Phi) is 9.00. The van der Waals surface area contributed by atoms with Crippen molar-refractivity contribution in [2.45, 2.75) is 0 Å². The molecule has 13 heteroatoms. The zero-order valence-corrected chi connectivity index (χ0v) is 25.9. The molecule has 0 aliphatic carbocycles. The topological polar surface area (TPSA) is 188 Å². The van der Waals surface area contributed by atoms with Crippen molar-refractivity contribution in [3.63, 3.8) is 0 Å². The number of benzene rings is 3. The number of amides is 4. The lowest BCUT2D eigenvalue weighted by Crippen LogP contribution is -2.30. The fraction of sp³-hybridized carbons (Fsp3) is 0.176. The summed E-state index contributed by atoms with van der Waals surface area (Å²) in [5.74, 6) is -1.06. The van der Waals surface area contributed by atoms with E-state index in [4.69, 9.17) is 0 Å². The summed E-state index contributed by atoms with van der Waals surface area (Å²) in [5.41, 5.74) is 5.05. The van der Waals surface area contributed by atoms with E-state index in [2.05, 4.69) is 46.9 Å². The van der Waals surface area contributed by atoms with Crippen LogP contribution in [0.15, 0.2) is 72.8 Å². The largest absolute Gasteiger partial charge is 0.351 e. The van der Waals surface area contributed by atoms with E-state index in [1.807, 2.05) is 20.2 Å². The van der Waals surface area contributed by atoms with Gasteiger partial charge in [0.1, 0.15) is 17.1 Å². The predicted molar refractivity (Wildman–Crippen MR) is 183 cm³/mol. The van der Waals surface area contributed by atoms with Gasteiger partial charge in [0.15, 0.2) is 0 Å². The van der Waals surface area contributed by atoms with Crippen LogP contribution >= 0.6 is 0 Å². The highest BCUT2D eigenvalue weighted by molar-refractivity contribution is 6.10. The van der Waals surface area contributed by atoms with Crippen molar-refractivity contribution >= 4 is 67.7 Å². The van der Waals surface area contributed by atoms with E-state index in [1.54, 1.807) is 66.7 Å². The Bertz CT molecular complexity index is 2010. The van der Waals surface area contributed by atoms with Crippen LogP contribution < -0.4 is 31.9 Å². The zero-order valence-electron chi connectivity index (χ0n) is 25.9. The smallest absolute Gasteiger partial charge is 0.272 e. The van der Waals surface area contributed by atoms with Gasteiger partial charge in [0, 0.05) is 75.8 Å². The Morgan fingerprint density at radius 1 is 0.489 bits per heavy atom. The third-order valence-electron chi connectivity index (χ3n) is 7.70. The van der Waals surface area contributed by atoms with Crippen LogP contribution in [0.5, 0.6) is 0 Å². The number of anilines is 2. The molecule has 4 amide bonds. The van der Waals surface area contributed by atoms with Crippen LogP contribution in [-0.2, 0) is 0 Å². The van der Waals surface area contributed by atoms with E-state index in [-0.39, 0.29) is 23.6 Å². The number of aromatic nitrogens is 3. The first-order valence-corrected chi connectivity index (χ1v) is 15.2. The number of H-pyrrole nitrogens is 3. The highest BCUT2D eigenvalue weighted by Crippen LogP contribution is 2.24. The molecule has 3 aromatic carbocycles. The Morgan fingerprint density at radius 3 is 1.40 bits per heavy atom. The highest BCUT2D eigenvalue weighted by Gasteiger charge is 2.15. The van der Waals surface area contributed by atoms with Crippen LogP contribution in [0, 0.1) is 0 Å². The van der Waals surface area contributed by atoms with Crippen molar-refractivity contribution in [1.29, 1.82) is 0 Å². The summed E-state index contributed by atoms with van der Waals surface area (Å²) < 4.78 is 0. The minimum absolute atomic E-state index is 0.201. The third-order valence-corrected chi connectivity index (χ3v) is 7.70. The van der Waals surface area contributed by atoms with E-state index < -0.39 is 0 Å². The van der Waals surface area contributed by atoms with Crippen molar-refractivity contribution in [2.24, 2.45) is 0 Å². The summed E-state index contributed by atoms with van der Waals surface area (Å²) in [5, 5.41) is 19.7. The molecule has 0 aliphatic rings. The van der Waals surface area contributed by atoms with E-state index in [9.17, 15) is 19.2 Å². The summed E-state index contributed by atoms with van der Waals surface area (Å²) >= 11 is 0. The zero-order chi connectivity index (χ0) is 32.9. The number of nitrogens with one attached hydrogen (secondary N) is 9. The maximum atomic E-state index is 13.1. The summed E-state index contributed by atoms with van der Waals surface area (Å²) in [7, 11) is 3.64. The molecule has 47 heavy (non-hydrogen) atoms. The molecule has 0 bridgehead atoms. The molecule has 9 N–H and O–H groups in total. The predicted octanol–water partition coefficient (Wildman–Crippen LogP) is 3.53. The van der Waals surface area contributed by atoms with E-state index >= 15 is 0 Å². The lowest BCUT2D eigenvalue weighted by atomic mass is 10.1. The second-order valence-corrected chi connectivity index (χ2v) is 11.1. The van der Waals surface area contributed by atoms with Crippen molar-refractivity contribution in [3.8, 4) is 0 Å². The van der Waals surface area contributed by atoms with Crippen molar-refractivity contribution in [3.05, 3.63) is 95.4 Å². The molecule has 240 valence electrons. The second-order valence-electron chi connectivity index (χ2n) is 11.1. The summed E-state index contributed by atoms with van der Waals surface area (Å²) in [6, 6.07) is 21.1. The quantitative estimate of drug-likeness (QED) is 0.0927. The first kappa shape index (κ1) is 31.1. The molecule has 0 radical (unpaired) electrons. The number of fused-ring (bicyclic) bond motifs is 3. The number of rotatable bonds is 12. The number of hydrogen-bond donors (Lipinski definition) is 9. The number of carbonyl (C=O) groups excluding carboxylic acids is 4. The molecule has 3 aromatic heterocycles. The van der Waals surface area contributed by atoms with Crippen molar-refractivity contribution < 1.29 is 19.2 Å². The molecule has 6 aromatic rings. The first-order valence-electron chi connectivity index (χ1n) is 15.2. The monoisotopic (exact) mass is 633 g/mol. The van der Waals surface area contributed by atoms with Crippen LogP contribution in [0.3, 0.4) is 0 Å². The molecule has 0 saturated heterocycles. The van der Waals surface area contributed by atoms with Crippen LogP contribution in [0.1, 0.15) is 41.8 Å². The van der Waals surface area contributed by atoms with E-state index in [1.165, 1.54) is 0 Å². The maximum absolute atomic E-state index is 13.1. The Morgan fingerprint density at radius 2 is 0.915 bits per heavy atom. The second kappa shape index (κ2) is 13.6. The SMILES string of the molecule is CNCCNC(=O)c1cc2cc(NC(=O)c3ccc4[nH]c(C(=O)Nc5ccc6[nH]c(C(=O)NCCNC)cc6c5)cc4c3)ccc2[nH]1. The average Bonchev–Trinajstić information content (AvgIpc) is 3.81. The molecule has 0 saturated carbocycles. The molecule has 6 rings (SSSR count). The van der Waals surface area contributed by atoms with Crippen molar-refractivity contribution in [1.82, 2.24) is 36.2 Å². The third kappa shape index (κ3) is 7.01. The standard InChI is InChI=1S/C34H35N9O4/c1-35-9-11-37-32(45)28-17-21-14-23(4-7-26(21)41-28)39-31(44)19-3-6-25-20(13-19)16-30(43-25)34(47)40-24-5-8-27-22(15-24)18-29(42-27)33(46)38-12-10-36-2/h3-8,13-18,35-36,41-43H,9-12H2,1-2H3,(H,37,45)(H,38,46)(H,39,44)(H,40,47).